The number of nitrogens with one attached hydrogen (secondary N) is 3. The van der Waals surface area contributed by atoms with E-state index in [4.69, 9.17) is 0 Å². The molecule has 2 aromatic carbocycles. The van der Waals surface area contributed by atoms with Crippen molar-refractivity contribution in [3.8, 4) is 0 Å². The normalized spacial score (nSPS) is 13.3. The van der Waals surface area contributed by atoms with E-state index < -0.39 is 0 Å². The van der Waals surface area contributed by atoms with Crippen LogP contribution in [0.4, 0.5) is 0 Å². The smallest absolute Gasteiger partial charge is 0.275 e. The van der Waals surface area contributed by atoms with Crippen molar-refractivity contribution in [1.29, 1.82) is 0 Å². The summed E-state index contributed by atoms with van der Waals surface area (Å²) in [5, 5.41) is 4.78. The van der Waals surface area contributed by atoms with Gasteiger partial charge < -0.3 is 27.6 Å². The van der Waals surface area contributed by atoms with E-state index in [9.17, 15) is 14.4 Å². The number of likely N-dealkylation sites (N-methyl/N-ethyl adjacent to an activating group) is 1. The highest BCUT2D eigenvalue weighted by atomic mass is 35.5. The monoisotopic (exact) mass is 414 g/mol. The van der Waals surface area contributed by atoms with Crippen LogP contribution >= 0.6 is 0 Å². The van der Waals surface area contributed by atoms with Crippen LogP contribution in [-0.2, 0) is 11.3 Å². The Labute approximate surface area is 174 Å². The van der Waals surface area contributed by atoms with Gasteiger partial charge in [0, 0.05) is 29.9 Å². The van der Waals surface area contributed by atoms with Crippen LogP contribution in [0, 0.1) is 6.92 Å². The summed E-state index contributed by atoms with van der Waals surface area (Å²) in [6, 6.07) is 7.83. The average Bonchev–Trinajstić information content (AvgIpc) is 3.14. The first-order valence-corrected chi connectivity index (χ1v) is 9.25. The molecule has 3 N–H and O–H groups in total. The molecule has 152 valence electrons. The molecule has 29 heavy (non-hydrogen) atoms. The van der Waals surface area contributed by atoms with Crippen molar-refractivity contribution in [3.05, 3.63) is 46.5 Å². The van der Waals surface area contributed by atoms with Crippen molar-refractivity contribution in [1.82, 2.24) is 15.2 Å². The molecule has 7 nitrogen and oxygen atoms in total. The molecule has 8 heteroatoms. The molecule has 0 bridgehead atoms. The Balaban J connectivity index is 0.00000240. The quantitative estimate of drug-likeness (QED) is 0.417. The number of H-pyrrole nitrogens is 1. The number of carbonyl (C=O) groups is 3. The second kappa shape index (κ2) is 7.50. The zero-order valence-corrected chi connectivity index (χ0v) is 17.5. The van der Waals surface area contributed by atoms with Crippen LogP contribution in [0.5, 0.6) is 0 Å². The predicted octanol–water partition coefficient (Wildman–Crippen LogP) is -2.38. The van der Waals surface area contributed by atoms with Crippen LogP contribution in [0.3, 0.4) is 0 Å². The number of halogens is 1. The van der Waals surface area contributed by atoms with E-state index in [0.717, 1.165) is 37.2 Å². The average molecular weight is 415 g/mol. The number of quaternary nitrogens is 1. The first-order chi connectivity index (χ1) is 13.3. The Morgan fingerprint density at radius 3 is 2.48 bits per heavy atom. The number of imide groups is 1. The molecule has 3 amide bonds. The van der Waals surface area contributed by atoms with Crippen molar-refractivity contribution in [3.63, 3.8) is 0 Å². The van der Waals surface area contributed by atoms with Crippen LogP contribution in [-0.4, -0.2) is 55.3 Å². The molecular weight excluding hydrogens is 392 g/mol. The lowest BCUT2D eigenvalue weighted by molar-refractivity contribution is -0.849. The zero-order chi connectivity index (χ0) is 20.2. The van der Waals surface area contributed by atoms with Crippen LogP contribution in [0.25, 0.3) is 21.8 Å². The van der Waals surface area contributed by atoms with Gasteiger partial charge in [0.05, 0.1) is 30.7 Å². The number of para-hydroxylation sites is 1. The highest BCUT2D eigenvalue weighted by molar-refractivity contribution is 6.27. The largest absolute Gasteiger partial charge is 1.00 e. The Hall–Kier alpha value is -2.90. The lowest BCUT2D eigenvalue weighted by atomic mass is 9.92. The van der Waals surface area contributed by atoms with Gasteiger partial charge in [0.2, 0.25) is 0 Å². The first kappa shape index (κ1) is 20.8. The van der Waals surface area contributed by atoms with E-state index in [1.165, 1.54) is 7.05 Å². The summed E-state index contributed by atoms with van der Waals surface area (Å²) in [7, 11) is 5.30. The topological polar surface area (TPSA) is 86.7 Å². The number of hydrogen-bond acceptors (Lipinski definition) is 3. The van der Waals surface area contributed by atoms with Crippen LogP contribution in [0.2, 0.25) is 0 Å². The van der Waals surface area contributed by atoms with E-state index in [1.54, 1.807) is 0 Å². The van der Waals surface area contributed by atoms with Gasteiger partial charge >= 0.3 is 0 Å². The minimum absolute atomic E-state index is 0. The van der Waals surface area contributed by atoms with Gasteiger partial charge in [-0.05, 0) is 24.1 Å². The standard InChI is InChI=1S/C21H22N4O3.ClH/c1-11-16-18(21(28)25(4)20(16)27)13(9-22-15(26)10-24(2)3)17-12-7-5-6-8-14(12)23-19(11)17;/h5-8,23H,9-10H2,1-4H3,(H,22,26);1H. The Morgan fingerprint density at radius 1 is 1.14 bits per heavy atom. The minimum atomic E-state index is -0.322. The van der Waals surface area contributed by atoms with E-state index in [-0.39, 0.29) is 36.7 Å². The molecular formula is C21H23ClN4O3. The maximum atomic E-state index is 12.9. The van der Waals surface area contributed by atoms with Crippen LogP contribution < -0.4 is 22.6 Å². The maximum Gasteiger partial charge on any atom is 0.275 e. The molecule has 0 saturated carbocycles. The number of rotatable bonds is 4. The van der Waals surface area contributed by atoms with E-state index in [1.807, 2.05) is 45.3 Å². The van der Waals surface area contributed by atoms with Gasteiger partial charge in [-0.25, -0.2) is 0 Å². The molecule has 0 unspecified atom stereocenters. The summed E-state index contributed by atoms with van der Waals surface area (Å²) >= 11 is 0. The number of benzene rings is 2. The lowest BCUT2D eigenvalue weighted by Crippen LogP contribution is -3.07. The van der Waals surface area contributed by atoms with Gasteiger partial charge in [0.25, 0.3) is 17.7 Å². The summed E-state index contributed by atoms with van der Waals surface area (Å²) in [4.78, 5) is 43.4. The number of aryl methyl sites for hydroxylation is 1. The zero-order valence-electron chi connectivity index (χ0n) is 16.8. The molecule has 0 fully saturated rings. The fraction of sp³-hybridized carbons (Fsp3) is 0.286. The molecule has 4 rings (SSSR count). The Morgan fingerprint density at radius 2 is 1.79 bits per heavy atom. The third-order valence-electron chi connectivity index (χ3n) is 5.32. The molecule has 0 radical (unpaired) electrons. The second-order valence-corrected chi connectivity index (χ2v) is 7.60. The highest BCUT2D eigenvalue weighted by Gasteiger charge is 2.38. The first-order valence-electron chi connectivity index (χ1n) is 9.25. The summed E-state index contributed by atoms with van der Waals surface area (Å²) < 4.78 is 0. The summed E-state index contributed by atoms with van der Waals surface area (Å²) in [6.07, 6.45) is 0. The SMILES string of the molecule is Cc1c2c(c(CNC(=O)C[NH+](C)C)c3c1[nH]c1ccccc13)C(=O)N(C)C2=O.[Cl-]. The lowest BCUT2D eigenvalue weighted by Gasteiger charge is -2.13. The second-order valence-electron chi connectivity index (χ2n) is 7.60. The molecule has 1 aliphatic heterocycles. The Kier molecular flexibility index (Phi) is 5.38. The van der Waals surface area contributed by atoms with Gasteiger partial charge in [-0.3, -0.25) is 19.3 Å². The third kappa shape index (κ3) is 3.16. The van der Waals surface area contributed by atoms with E-state index >= 15 is 0 Å². The highest BCUT2D eigenvalue weighted by Crippen LogP contribution is 2.38. The molecule has 0 aliphatic carbocycles. The summed E-state index contributed by atoms with van der Waals surface area (Å²) in [5.74, 6) is -0.728. The molecule has 1 aromatic heterocycles. The summed E-state index contributed by atoms with van der Waals surface area (Å²) in [6.45, 7) is 2.39. The number of amides is 3. The number of aromatic amines is 1. The number of nitrogens with zero attached hydrogens (tertiary/aromatic N) is 1. The fourth-order valence-electron chi connectivity index (χ4n) is 4.00. The van der Waals surface area contributed by atoms with Crippen molar-refractivity contribution in [2.45, 2.75) is 13.5 Å². The molecule has 0 saturated heterocycles. The van der Waals surface area contributed by atoms with E-state index in [0.29, 0.717) is 23.2 Å². The van der Waals surface area contributed by atoms with Gasteiger partial charge in [-0.15, -0.1) is 0 Å². The molecule has 3 aromatic rings. The number of carbonyl (C=O) groups excluding carboxylic acids is 3. The van der Waals surface area contributed by atoms with Gasteiger partial charge in [0.15, 0.2) is 6.54 Å². The Bertz CT molecular complexity index is 1170. The van der Waals surface area contributed by atoms with Crippen molar-refractivity contribution >= 4 is 39.5 Å². The van der Waals surface area contributed by atoms with E-state index in [2.05, 4.69) is 10.3 Å². The number of aromatic nitrogens is 1. The molecule has 0 atom stereocenters. The van der Waals surface area contributed by atoms with Crippen molar-refractivity contribution in [2.24, 2.45) is 0 Å². The van der Waals surface area contributed by atoms with Crippen LogP contribution in [0.1, 0.15) is 31.8 Å². The molecule has 1 aliphatic rings. The number of hydrogen-bond donors (Lipinski definition) is 3. The molecule has 2 heterocycles. The van der Waals surface area contributed by atoms with Crippen molar-refractivity contribution in [2.75, 3.05) is 27.7 Å². The van der Waals surface area contributed by atoms with Crippen molar-refractivity contribution < 1.29 is 31.7 Å². The van der Waals surface area contributed by atoms with Gasteiger partial charge in [0.1, 0.15) is 0 Å². The van der Waals surface area contributed by atoms with Crippen LogP contribution in [0.15, 0.2) is 24.3 Å². The summed E-state index contributed by atoms with van der Waals surface area (Å²) in [5.41, 5.74) is 4.05. The third-order valence-corrected chi connectivity index (χ3v) is 5.32. The van der Waals surface area contributed by atoms with Gasteiger partial charge in [-0.2, -0.15) is 0 Å². The molecule has 0 spiro atoms. The van der Waals surface area contributed by atoms with Gasteiger partial charge in [-0.1, -0.05) is 18.2 Å². The maximum absolute atomic E-state index is 12.9. The minimum Gasteiger partial charge on any atom is -1.00 e. The number of fused-ring (bicyclic) bond motifs is 4. The fourth-order valence-corrected chi connectivity index (χ4v) is 4.00. The predicted molar refractivity (Wildman–Crippen MR) is 106 cm³/mol.